The van der Waals surface area contributed by atoms with Crippen LogP contribution in [0.2, 0.25) is 0 Å². The lowest BCUT2D eigenvalue weighted by Gasteiger charge is -2.15. The molecule has 1 saturated carbocycles. The molecule has 3 rings (SSSR count). The highest BCUT2D eigenvalue weighted by Crippen LogP contribution is 2.49. The van der Waals surface area contributed by atoms with Crippen molar-refractivity contribution >= 4 is 17.7 Å². The topological polar surface area (TPSA) is 80.7 Å². The number of esters is 1. The summed E-state index contributed by atoms with van der Waals surface area (Å²) in [4.78, 5) is 35.1. The fourth-order valence-corrected chi connectivity index (χ4v) is 2.88. The van der Waals surface area contributed by atoms with E-state index in [1.165, 1.54) is 18.2 Å². The number of carboxylic acids is 1. The lowest BCUT2D eigenvalue weighted by molar-refractivity contribution is -0.151. The summed E-state index contributed by atoms with van der Waals surface area (Å²) >= 11 is 0. The summed E-state index contributed by atoms with van der Waals surface area (Å²) in [7, 11) is 0. The largest absolute Gasteiger partial charge is 0.475 e. The van der Waals surface area contributed by atoms with Gasteiger partial charge in [0.1, 0.15) is 12.4 Å². The van der Waals surface area contributed by atoms with E-state index >= 15 is 0 Å². The number of hydrogen-bond acceptors (Lipinski definition) is 4. The molecule has 0 atom stereocenters. The molecule has 26 heavy (non-hydrogen) atoms. The van der Waals surface area contributed by atoms with Crippen molar-refractivity contribution in [3.63, 3.8) is 0 Å². The Bertz CT molecular complexity index is 853. The monoisotopic (exact) mass is 356 g/mol. The van der Waals surface area contributed by atoms with Gasteiger partial charge in [-0.25, -0.2) is 9.18 Å². The number of rotatable bonds is 7. The van der Waals surface area contributed by atoms with E-state index < -0.39 is 17.2 Å². The van der Waals surface area contributed by atoms with Crippen molar-refractivity contribution in [3.05, 3.63) is 71.0 Å². The van der Waals surface area contributed by atoms with Crippen molar-refractivity contribution in [3.8, 4) is 0 Å². The highest BCUT2D eigenvalue weighted by atomic mass is 19.1. The lowest BCUT2D eigenvalue weighted by atomic mass is 9.96. The summed E-state index contributed by atoms with van der Waals surface area (Å²) in [6, 6.07) is 12.1. The number of Topliss-reactive ketones (excluding diaryl/α,β-unsaturated/α-hetero) is 1. The van der Waals surface area contributed by atoms with E-state index in [-0.39, 0.29) is 24.0 Å². The molecule has 0 aromatic heterocycles. The Morgan fingerprint density at radius 2 is 1.69 bits per heavy atom. The lowest BCUT2D eigenvalue weighted by Crippen LogP contribution is -2.22. The Kier molecular flexibility index (Phi) is 4.84. The van der Waals surface area contributed by atoms with Crippen molar-refractivity contribution in [2.45, 2.75) is 25.9 Å². The van der Waals surface area contributed by atoms with Crippen LogP contribution in [0.15, 0.2) is 48.5 Å². The molecule has 1 aliphatic rings. The van der Waals surface area contributed by atoms with Crippen molar-refractivity contribution in [2.75, 3.05) is 0 Å². The molecule has 0 aliphatic heterocycles. The van der Waals surface area contributed by atoms with Gasteiger partial charge < -0.3 is 9.84 Å². The van der Waals surface area contributed by atoms with E-state index in [4.69, 9.17) is 9.84 Å². The van der Waals surface area contributed by atoms with Crippen LogP contribution in [-0.2, 0) is 27.4 Å². The zero-order valence-electron chi connectivity index (χ0n) is 13.9. The van der Waals surface area contributed by atoms with Crippen LogP contribution in [0.3, 0.4) is 0 Å². The molecule has 0 unspecified atom stereocenters. The molecular formula is C20H17FO5. The molecule has 0 bridgehead atoms. The standard InChI is InChI=1S/C20H17FO5/c21-15-7-5-13(6-8-15)11-20(9-10-20)19(25)26-12-14-3-1-2-4-16(14)17(22)18(23)24/h1-8H,9-12H2,(H,23,24). The van der Waals surface area contributed by atoms with Crippen LogP contribution in [0, 0.1) is 11.2 Å². The first-order valence-electron chi connectivity index (χ1n) is 8.18. The van der Waals surface area contributed by atoms with Crippen LogP contribution in [0.1, 0.15) is 34.3 Å². The first-order valence-corrected chi connectivity index (χ1v) is 8.18. The van der Waals surface area contributed by atoms with E-state index in [0.29, 0.717) is 24.8 Å². The van der Waals surface area contributed by atoms with Gasteiger partial charge in [-0.2, -0.15) is 0 Å². The second kappa shape index (κ2) is 7.07. The van der Waals surface area contributed by atoms with Gasteiger partial charge in [0.15, 0.2) is 0 Å². The average molecular weight is 356 g/mol. The molecule has 2 aromatic rings. The van der Waals surface area contributed by atoms with E-state index in [1.807, 2.05) is 0 Å². The molecule has 1 aliphatic carbocycles. The number of ketones is 1. The van der Waals surface area contributed by atoms with Gasteiger partial charge in [0.2, 0.25) is 0 Å². The predicted molar refractivity (Wildman–Crippen MR) is 90.0 cm³/mol. The van der Waals surface area contributed by atoms with Crippen molar-refractivity contribution in [2.24, 2.45) is 5.41 Å². The number of benzene rings is 2. The van der Waals surface area contributed by atoms with Crippen LogP contribution >= 0.6 is 0 Å². The third-order valence-electron chi connectivity index (χ3n) is 4.56. The van der Waals surface area contributed by atoms with Gasteiger partial charge in [0.05, 0.1) is 5.41 Å². The molecule has 2 aromatic carbocycles. The summed E-state index contributed by atoms with van der Waals surface area (Å²) < 4.78 is 18.4. The fraction of sp³-hybridized carbons (Fsp3) is 0.250. The van der Waals surface area contributed by atoms with E-state index in [9.17, 15) is 18.8 Å². The van der Waals surface area contributed by atoms with E-state index in [2.05, 4.69) is 0 Å². The second-order valence-corrected chi connectivity index (χ2v) is 6.45. The van der Waals surface area contributed by atoms with Crippen molar-refractivity contribution in [1.82, 2.24) is 0 Å². The van der Waals surface area contributed by atoms with Crippen molar-refractivity contribution in [1.29, 1.82) is 0 Å². The van der Waals surface area contributed by atoms with Gasteiger partial charge in [-0.15, -0.1) is 0 Å². The quantitative estimate of drug-likeness (QED) is 0.468. The number of hydrogen-bond donors (Lipinski definition) is 1. The highest BCUT2D eigenvalue weighted by molar-refractivity contribution is 6.40. The van der Waals surface area contributed by atoms with Crippen LogP contribution < -0.4 is 0 Å². The normalized spacial score (nSPS) is 14.5. The number of aliphatic carboxylic acids is 1. The Morgan fingerprint density at radius 1 is 1.04 bits per heavy atom. The molecule has 0 radical (unpaired) electrons. The average Bonchev–Trinajstić information content (AvgIpc) is 3.42. The molecule has 0 saturated heterocycles. The molecule has 1 N–H and O–H groups in total. The van der Waals surface area contributed by atoms with Gasteiger partial charge in [-0.1, -0.05) is 36.4 Å². The van der Waals surface area contributed by atoms with Gasteiger partial charge in [0, 0.05) is 11.1 Å². The SMILES string of the molecule is O=C(O)C(=O)c1ccccc1COC(=O)C1(Cc2ccc(F)cc2)CC1. The molecular weight excluding hydrogens is 339 g/mol. The van der Waals surface area contributed by atoms with Crippen molar-refractivity contribution < 1.29 is 28.6 Å². The molecule has 134 valence electrons. The summed E-state index contributed by atoms with van der Waals surface area (Å²) in [6.45, 7) is -0.167. The Labute approximate surface area is 149 Å². The van der Waals surface area contributed by atoms with Crippen LogP contribution in [0.4, 0.5) is 4.39 Å². The first kappa shape index (κ1) is 17.8. The Hall–Kier alpha value is -3.02. The second-order valence-electron chi connectivity index (χ2n) is 6.45. The van der Waals surface area contributed by atoms with Crippen LogP contribution in [0.25, 0.3) is 0 Å². The maximum Gasteiger partial charge on any atom is 0.377 e. The molecule has 0 amide bonds. The number of carbonyl (C=O) groups excluding carboxylic acids is 2. The van der Waals surface area contributed by atoms with Gasteiger partial charge in [0.25, 0.3) is 5.78 Å². The summed E-state index contributed by atoms with van der Waals surface area (Å²) in [5.41, 5.74) is 0.591. The third-order valence-corrected chi connectivity index (χ3v) is 4.56. The smallest absolute Gasteiger partial charge is 0.377 e. The molecule has 0 spiro atoms. The minimum atomic E-state index is -1.56. The number of carboxylic acid groups (broad SMARTS) is 1. The minimum Gasteiger partial charge on any atom is -0.475 e. The predicted octanol–water partition coefficient (Wildman–Crippen LogP) is 3.16. The third kappa shape index (κ3) is 3.79. The van der Waals surface area contributed by atoms with E-state index in [0.717, 1.165) is 5.56 Å². The van der Waals surface area contributed by atoms with Gasteiger partial charge in [-0.05, 0) is 37.0 Å². The minimum absolute atomic E-state index is 0.0104. The Balaban J connectivity index is 1.67. The summed E-state index contributed by atoms with van der Waals surface area (Å²) in [5, 5.41) is 8.88. The molecule has 1 fully saturated rings. The fourth-order valence-electron chi connectivity index (χ4n) is 2.88. The molecule has 6 heteroatoms. The first-order chi connectivity index (χ1) is 12.4. The number of carbonyl (C=O) groups is 3. The zero-order valence-corrected chi connectivity index (χ0v) is 13.9. The van der Waals surface area contributed by atoms with Gasteiger partial charge in [-0.3, -0.25) is 9.59 Å². The number of ether oxygens (including phenoxy) is 1. The highest BCUT2D eigenvalue weighted by Gasteiger charge is 2.51. The van der Waals surface area contributed by atoms with E-state index in [1.54, 1.807) is 30.3 Å². The van der Waals surface area contributed by atoms with Crippen LogP contribution in [-0.4, -0.2) is 22.8 Å². The Morgan fingerprint density at radius 3 is 2.31 bits per heavy atom. The zero-order chi connectivity index (χ0) is 18.7. The maximum absolute atomic E-state index is 13.0. The number of halogens is 1. The summed E-state index contributed by atoms with van der Waals surface area (Å²) in [5.74, 6) is -3.32. The molecule has 0 heterocycles. The molecule has 5 nitrogen and oxygen atoms in total. The van der Waals surface area contributed by atoms with Gasteiger partial charge >= 0.3 is 11.9 Å². The summed E-state index contributed by atoms with van der Waals surface area (Å²) in [6.07, 6.45) is 1.82. The maximum atomic E-state index is 13.0. The van der Waals surface area contributed by atoms with Crippen LogP contribution in [0.5, 0.6) is 0 Å².